The average molecular weight is 438 g/mol. The largest absolute Gasteiger partial charge is 0.397 e. The molecule has 0 saturated carbocycles. The van der Waals surface area contributed by atoms with E-state index < -0.39 is 10.0 Å². The van der Waals surface area contributed by atoms with Crippen LogP contribution in [0.25, 0.3) is 0 Å². The number of sulfonamides is 1. The summed E-state index contributed by atoms with van der Waals surface area (Å²) < 4.78 is 26.9. The van der Waals surface area contributed by atoms with E-state index in [4.69, 9.17) is 17.3 Å². The number of hydrogen-bond donors (Lipinski definition) is 3. The van der Waals surface area contributed by atoms with Crippen molar-refractivity contribution >= 4 is 61.3 Å². The molecule has 5 nitrogen and oxygen atoms in total. The maximum Gasteiger partial charge on any atom is 0.240 e. The zero-order valence-corrected chi connectivity index (χ0v) is 14.8. The molecule has 0 bridgehead atoms. The molecule has 0 aromatic heterocycles. The Morgan fingerprint density at radius 2 is 1.86 bits per heavy atom. The van der Waals surface area contributed by atoms with Crippen molar-refractivity contribution in [3.63, 3.8) is 0 Å². The summed E-state index contributed by atoms with van der Waals surface area (Å²) >= 11 is 8.31. The van der Waals surface area contributed by atoms with Crippen LogP contribution in [0.4, 0.5) is 17.1 Å². The Kier molecular flexibility index (Phi) is 4.97. The molecule has 0 spiro atoms. The van der Waals surface area contributed by atoms with Crippen molar-refractivity contribution in [2.45, 2.75) is 4.90 Å². The Hall–Kier alpha value is -1.03. The smallest absolute Gasteiger partial charge is 0.240 e. The lowest BCUT2D eigenvalue weighted by Crippen LogP contribution is -2.18. The standard InChI is InChI=1S/C13H13ClIN3O2S/c1-17-21(19,20)9-3-4-11(16)13(7-9)18-12-5-2-8(15)6-10(12)14/h2-7,17-18H,16H2,1H3. The molecule has 0 radical (unpaired) electrons. The monoisotopic (exact) mass is 437 g/mol. The van der Waals surface area contributed by atoms with E-state index in [1.807, 2.05) is 12.1 Å². The number of halogens is 2. The van der Waals surface area contributed by atoms with Gasteiger partial charge < -0.3 is 11.1 Å². The Balaban J connectivity index is 2.42. The molecule has 8 heteroatoms. The molecule has 0 heterocycles. The summed E-state index contributed by atoms with van der Waals surface area (Å²) in [6.45, 7) is 0. The summed E-state index contributed by atoms with van der Waals surface area (Å²) in [7, 11) is -2.17. The van der Waals surface area contributed by atoms with Crippen molar-refractivity contribution < 1.29 is 8.42 Å². The van der Waals surface area contributed by atoms with Crippen LogP contribution >= 0.6 is 34.2 Å². The van der Waals surface area contributed by atoms with Crippen molar-refractivity contribution in [1.29, 1.82) is 0 Å². The Labute approximate surface area is 142 Å². The van der Waals surface area contributed by atoms with Crippen LogP contribution in [0.5, 0.6) is 0 Å². The molecule has 0 fully saturated rings. The first kappa shape index (κ1) is 16.3. The summed E-state index contributed by atoms with van der Waals surface area (Å²) in [5.74, 6) is 0. The van der Waals surface area contributed by atoms with E-state index in [1.54, 1.807) is 6.07 Å². The van der Waals surface area contributed by atoms with Crippen LogP contribution in [-0.2, 0) is 10.0 Å². The zero-order chi connectivity index (χ0) is 15.6. The maximum absolute atomic E-state index is 11.8. The van der Waals surface area contributed by atoms with Crippen molar-refractivity contribution in [2.24, 2.45) is 0 Å². The fourth-order valence-electron chi connectivity index (χ4n) is 1.66. The highest BCUT2D eigenvalue weighted by Crippen LogP contribution is 2.31. The number of hydrogen-bond acceptors (Lipinski definition) is 4. The number of anilines is 3. The minimum atomic E-state index is -3.53. The number of nitrogen functional groups attached to an aromatic ring is 1. The molecule has 4 N–H and O–H groups in total. The summed E-state index contributed by atoms with van der Waals surface area (Å²) in [5, 5.41) is 3.58. The first-order valence-corrected chi connectivity index (χ1v) is 8.82. The third-order valence-corrected chi connectivity index (χ3v) is 5.20. The second-order valence-electron chi connectivity index (χ2n) is 4.21. The lowest BCUT2D eigenvalue weighted by Gasteiger charge is -2.13. The van der Waals surface area contributed by atoms with Gasteiger partial charge in [0.05, 0.1) is 27.0 Å². The normalized spacial score (nSPS) is 11.4. The zero-order valence-electron chi connectivity index (χ0n) is 11.0. The molecule has 0 aliphatic carbocycles. The third-order valence-electron chi connectivity index (χ3n) is 2.80. The number of nitrogens with two attached hydrogens (primary N) is 1. The van der Waals surface area contributed by atoms with Crippen LogP contribution in [0.15, 0.2) is 41.3 Å². The highest BCUT2D eigenvalue weighted by molar-refractivity contribution is 14.1. The van der Waals surface area contributed by atoms with Gasteiger partial charge in [-0.25, -0.2) is 13.1 Å². The molecule has 0 saturated heterocycles. The predicted molar refractivity (Wildman–Crippen MR) is 94.6 cm³/mol. The van der Waals surface area contributed by atoms with Crippen LogP contribution in [-0.4, -0.2) is 15.5 Å². The molecule has 112 valence electrons. The predicted octanol–water partition coefficient (Wildman–Crippen LogP) is 3.18. The second kappa shape index (κ2) is 6.39. The highest BCUT2D eigenvalue weighted by atomic mass is 127. The van der Waals surface area contributed by atoms with Crippen LogP contribution in [0.2, 0.25) is 5.02 Å². The van der Waals surface area contributed by atoms with Crippen molar-refractivity contribution in [3.05, 3.63) is 45.0 Å². The van der Waals surface area contributed by atoms with Crippen LogP contribution in [0, 0.1) is 3.57 Å². The Morgan fingerprint density at radius 1 is 1.14 bits per heavy atom. The Bertz CT molecular complexity index is 781. The molecule has 0 atom stereocenters. The van der Waals surface area contributed by atoms with Gasteiger partial charge in [0.2, 0.25) is 10.0 Å². The summed E-state index contributed by atoms with van der Waals surface area (Å²) in [6, 6.07) is 9.95. The molecule has 2 rings (SSSR count). The molecule has 2 aromatic rings. The third kappa shape index (κ3) is 3.79. The van der Waals surface area contributed by atoms with Gasteiger partial charge in [0.15, 0.2) is 0 Å². The maximum atomic E-state index is 11.8. The number of benzene rings is 2. The molecule has 0 unspecified atom stereocenters. The topological polar surface area (TPSA) is 84.2 Å². The molecular weight excluding hydrogens is 425 g/mol. The van der Waals surface area contributed by atoms with E-state index in [1.165, 1.54) is 25.2 Å². The fourth-order valence-corrected chi connectivity index (χ4v) is 3.32. The second-order valence-corrected chi connectivity index (χ2v) is 7.75. The molecule has 0 amide bonds. The van der Waals surface area contributed by atoms with E-state index in [2.05, 4.69) is 32.6 Å². The summed E-state index contributed by atoms with van der Waals surface area (Å²) in [6.07, 6.45) is 0. The SMILES string of the molecule is CNS(=O)(=O)c1ccc(N)c(Nc2ccc(I)cc2Cl)c1. The van der Waals surface area contributed by atoms with Crippen molar-refractivity contribution in [3.8, 4) is 0 Å². The van der Waals surface area contributed by atoms with E-state index in [9.17, 15) is 8.42 Å². The molecule has 0 aliphatic heterocycles. The van der Waals surface area contributed by atoms with Gasteiger partial charge in [-0.15, -0.1) is 0 Å². The van der Waals surface area contributed by atoms with Gasteiger partial charge in [-0.1, -0.05) is 11.6 Å². The minimum Gasteiger partial charge on any atom is -0.397 e. The van der Waals surface area contributed by atoms with Crippen molar-refractivity contribution in [1.82, 2.24) is 4.72 Å². The van der Waals surface area contributed by atoms with E-state index in [-0.39, 0.29) is 4.90 Å². The van der Waals surface area contributed by atoms with E-state index in [0.717, 1.165) is 3.57 Å². The summed E-state index contributed by atoms with van der Waals surface area (Å²) in [4.78, 5) is 0.128. The first-order valence-electron chi connectivity index (χ1n) is 5.88. The lowest BCUT2D eigenvalue weighted by atomic mass is 10.2. The lowest BCUT2D eigenvalue weighted by molar-refractivity contribution is 0.588. The Morgan fingerprint density at radius 3 is 2.48 bits per heavy atom. The van der Waals surface area contributed by atoms with Gasteiger partial charge in [-0.05, 0) is 66.0 Å². The van der Waals surface area contributed by atoms with Gasteiger partial charge >= 0.3 is 0 Å². The van der Waals surface area contributed by atoms with E-state index in [0.29, 0.717) is 22.1 Å². The molecule has 0 aliphatic rings. The van der Waals surface area contributed by atoms with Gasteiger partial charge in [0, 0.05) is 3.57 Å². The molecular formula is C13H13ClIN3O2S. The minimum absolute atomic E-state index is 0.128. The average Bonchev–Trinajstić information content (AvgIpc) is 2.43. The van der Waals surface area contributed by atoms with Crippen LogP contribution in [0.1, 0.15) is 0 Å². The van der Waals surface area contributed by atoms with Crippen LogP contribution in [0.3, 0.4) is 0 Å². The van der Waals surface area contributed by atoms with Crippen LogP contribution < -0.4 is 15.8 Å². The summed E-state index contributed by atoms with van der Waals surface area (Å²) in [5.41, 5.74) is 7.45. The van der Waals surface area contributed by atoms with Gasteiger partial charge in [0.25, 0.3) is 0 Å². The van der Waals surface area contributed by atoms with Gasteiger partial charge in [-0.2, -0.15) is 0 Å². The highest BCUT2D eigenvalue weighted by Gasteiger charge is 2.13. The van der Waals surface area contributed by atoms with Crippen molar-refractivity contribution in [2.75, 3.05) is 18.1 Å². The van der Waals surface area contributed by atoms with Gasteiger partial charge in [0.1, 0.15) is 0 Å². The first-order chi connectivity index (χ1) is 9.83. The molecule has 21 heavy (non-hydrogen) atoms. The number of nitrogens with one attached hydrogen (secondary N) is 2. The number of rotatable bonds is 4. The van der Waals surface area contributed by atoms with Gasteiger partial charge in [-0.3, -0.25) is 0 Å². The quantitative estimate of drug-likeness (QED) is 0.507. The molecule has 2 aromatic carbocycles. The van der Waals surface area contributed by atoms with E-state index >= 15 is 0 Å². The fraction of sp³-hybridized carbons (Fsp3) is 0.0769.